The fraction of sp³-hybridized carbons (Fsp3) is 0.154. The Morgan fingerprint density at radius 2 is 2.11 bits per heavy atom. The molecule has 5 heteroatoms. The third-order valence-electron chi connectivity index (χ3n) is 2.35. The number of ether oxygens (including phenoxy) is 1. The summed E-state index contributed by atoms with van der Waals surface area (Å²) in [6.07, 6.45) is 1.59. The van der Waals surface area contributed by atoms with Gasteiger partial charge in [-0.15, -0.1) is 0 Å². The van der Waals surface area contributed by atoms with Crippen molar-refractivity contribution in [1.29, 1.82) is 0 Å². The fourth-order valence-corrected chi connectivity index (χ4v) is 1.84. The molecule has 1 atom stereocenters. The van der Waals surface area contributed by atoms with Crippen molar-refractivity contribution in [1.82, 2.24) is 4.98 Å². The van der Waals surface area contributed by atoms with Crippen molar-refractivity contribution in [3.63, 3.8) is 0 Å². The van der Waals surface area contributed by atoms with Gasteiger partial charge in [-0.3, -0.25) is 4.98 Å². The van der Waals surface area contributed by atoms with Crippen LogP contribution in [0.1, 0.15) is 18.7 Å². The van der Waals surface area contributed by atoms with Crippen LogP contribution in [0.3, 0.4) is 0 Å². The van der Waals surface area contributed by atoms with Crippen molar-refractivity contribution in [2.75, 3.05) is 0 Å². The summed E-state index contributed by atoms with van der Waals surface area (Å²) in [6, 6.07) is 7.71. The number of rotatable bonds is 3. The van der Waals surface area contributed by atoms with Crippen molar-refractivity contribution in [3.8, 4) is 11.5 Å². The lowest BCUT2D eigenvalue weighted by atomic mass is 10.2. The molecule has 0 aliphatic carbocycles. The molecule has 1 aromatic carbocycles. The minimum Gasteiger partial charge on any atom is -0.455 e. The van der Waals surface area contributed by atoms with E-state index in [1.807, 2.05) is 6.92 Å². The van der Waals surface area contributed by atoms with E-state index in [0.717, 1.165) is 5.69 Å². The second-order valence-corrected chi connectivity index (χ2v) is 4.74. The molecule has 18 heavy (non-hydrogen) atoms. The molecule has 0 aliphatic heterocycles. The molecule has 2 aromatic rings. The predicted octanol–water partition coefficient (Wildman–Crippen LogP) is 3.80. The number of aromatic nitrogens is 1. The molecule has 1 aromatic heterocycles. The minimum atomic E-state index is -0.320. The van der Waals surface area contributed by atoms with Gasteiger partial charge >= 0.3 is 0 Å². The Bertz CT molecular complexity index is 543. The van der Waals surface area contributed by atoms with Crippen LogP contribution in [0.4, 0.5) is 4.39 Å². The van der Waals surface area contributed by atoms with Crippen LogP contribution >= 0.6 is 15.9 Å². The van der Waals surface area contributed by atoms with Gasteiger partial charge < -0.3 is 10.5 Å². The highest BCUT2D eigenvalue weighted by Crippen LogP contribution is 2.30. The smallest absolute Gasteiger partial charge is 0.145 e. The van der Waals surface area contributed by atoms with E-state index in [-0.39, 0.29) is 11.9 Å². The van der Waals surface area contributed by atoms with Crippen LogP contribution < -0.4 is 10.5 Å². The summed E-state index contributed by atoms with van der Waals surface area (Å²) in [6.45, 7) is 1.86. The SMILES string of the molecule is CC(N)c1ccc(Oc2ccc(F)cc2Br)cn1. The highest BCUT2D eigenvalue weighted by Gasteiger charge is 2.05. The predicted molar refractivity (Wildman–Crippen MR) is 71.0 cm³/mol. The lowest BCUT2D eigenvalue weighted by Crippen LogP contribution is -2.06. The third-order valence-corrected chi connectivity index (χ3v) is 2.97. The number of hydrogen-bond acceptors (Lipinski definition) is 3. The second-order valence-electron chi connectivity index (χ2n) is 3.88. The van der Waals surface area contributed by atoms with Gasteiger partial charge in [0.05, 0.1) is 16.4 Å². The van der Waals surface area contributed by atoms with E-state index in [9.17, 15) is 4.39 Å². The summed E-state index contributed by atoms with van der Waals surface area (Å²) < 4.78 is 19.1. The zero-order chi connectivity index (χ0) is 13.1. The Hall–Kier alpha value is -1.46. The molecular weight excluding hydrogens is 299 g/mol. The van der Waals surface area contributed by atoms with Crippen LogP contribution in [0.2, 0.25) is 0 Å². The Balaban J connectivity index is 2.18. The van der Waals surface area contributed by atoms with E-state index in [1.54, 1.807) is 24.4 Å². The van der Waals surface area contributed by atoms with Gasteiger partial charge in [0.1, 0.15) is 17.3 Å². The van der Waals surface area contributed by atoms with Crippen molar-refractivity contribution in [2.24, 2.45) is 5.73 Å². The number of hydrogen-bond donors (Lipinski definition) is 1. The molecule has 0 saturated heterocycles. The van der Waals surface area contributed by atoms with Gasteiger partial charge in [-0.1, -0.05) is 0 Å². The number of nitrogens with two attached hydrogens (primary N) is 1. The molecule has 0 aliphatic rings. The number of pyridine rings is 1. The van der Waals surface area contributed by atoms with Crippen LogP contribution in [0, 0.1) is 5.82 Å². The average molecular weight is 311 g/mol. The number of halogens is 2. The molecule has 1 unspecified atom stereocenters. The van der Waals surface area contributed by atoms with Gasteiger partial charge in [0.25, 0.3) is 0 Å². The quantitative estimate of drug-likeness (QED) is 0.938. The summed E-state index contributed by atoms with van der Waals surface area (Å²) in [5.74, 6) is 0.790. The number of nitrogens with zero attached hydrogens (tertiary/aromatic N) is 1. The molecule has 94 valence electrons. The topological polar surface area (TPSA) is 48.1 Å². The summed E-state index contributed by atoms with van der Waals surface area (Å²) in [5, 5.41) is 0. The molecule has 2 rings (SSSR count). The summed E-state index contributed by atoms with van der Waals surface area (Å²) in [5.41, 5.74) is 6.50. The highest BCUT2D eigenvalue weighted by molar-refractivity contribution is 9.10. The molecule has 2 N–H and O–H groups in total. The lowest BCUT2D eigenvalue weighted by Gasteiger charge is -2.09. The van der Waals surface area contributed by atoms with Gasteiger partial charge in [-0.25, -0.2) is 4.39 Å². The fourth-order valence-electron chi connectivity index (χ4n) is 1.41. The van der Waals surface area contributed by atoms with Crippen LogP contribution in [0.5, 0.6) is 11.5 Å². The Labute approximate surface area is 113 Å². The standard InChI is InChI=1S/C13H12BrFN2O/c1-8(16)12-4-3-10(7-17-12)18-13-5-2-9(15)6-11(13)14/h2-8H,16H2,1H3. The molecule has 0 spiro atoms. The van der Waals surface area contributed by atoms with Crippen LogP contribution in [0.15, 0.2) is 41.0 Å². The Morgan fingerprint density at radius 3 is 2.67 bits per heavy atom. The van der Waals surface area contributed by atoms with Crippen molar-refractivity contribution < 1.29 is 9.13 Å². The summed E-state index contributed by atoms with van der Waals surface area (Å²) >= 11 is 3.24. The molecule has 3 nitrogen and oxygen atoms in total. The first-order valence-corrected chi connectivity index (χ1v) is 6.20. The number of benzene rings is 1. The third kappa shape index (κ3) is 3.05. The molecule has 0 saturated carbocycles. The van der Waals surface area contributed by atoms with E-state index in [4.69, 9.17) is 10.5 Å². The molecule has 0 radical (unpaired) electrons. The zero-order valence-corrected chi connectivity index (χ0v) is 11.3. The summed E-state index contributed by atoms with van der Waals surface area (Å²) in [4.78, 5) is 4.18. The minimum absolute atomic E-state index is 0.114. The van der Waals surface area contributed by atoms with Gasteiger partial charge in [-0.05, 0) is 53.2 Å². The maximum atomic E-state index is 12.9. The van der Waals surface area contributed by atoms with Gasteiger partial charge in [0.2, 0.25) is 0 Å². The molecule has 0 amide bonds. The molecular formula is C13H12BrFN2O. The van der Waals surface area contributed by atoms with E-state index >= 15 is 0 Å². The summed E-state index contributed by atoms with van der Waals surface area (Å²) in [7, 11) is 0. The van der Waals surface area contributed by atoms with E-state index in [0.29, 0.717) is 16.0 Å². The lowest BCUT2D eigenvalue weighted by molar-refractivity contribution is 0.474. The first-order chi connectivity index (χ1) is 8.56. The molecule has 1 heterocycles. The largest absolute Gasteiger partial charge is 0.455 e. The van der Waals surface area contributed by atoms with Crippen molar-refractivity contribution in [2.45, 2.75) is 13.0 Å². The monoisotopic (exact) mass is 310 g/mol. The van der Waals surface area contributed by atoms with E-state index in [1.165, 1.54) is 12.1 Å². The van der Waals surface area contributed by atoms with Gasteiger partial charge in [0.15, 0.2) is 0 Å². The van der Waals surface area contributed by atoms with E-state index < -0.39 is 0 Å². The first kappa shape index (κ1) is 13.0. The maximum Gasteiger partial charge on any atom is 0.145 e. The maximum absolute atomic E-state index is 12.9. The molecule has 0 bridgehead atoms. The van der Waals surface area contributed by atoms with E-state index in [2.05, 4.69) is 20.9 Å². The Kier molecular flexibility index (Phi) is 3.93. The molecule has 0 fully saturated rings. The van der Waals surface area contributed by atoms with Crippen LogP contribution in [-0.4, -0.2) is 4.98 Å². The first-order valence-electron chi connectivity index (χ1n) is 5.40. The Morgan fingerprint density at radius 1 is 1.33 bits per heavy atom. The van der Waals surface area contributed by atoms with Gasteiger partial charge in [-0.2, -0.15) is 0 Å². The average Bonchev–Trinajstić information content (AvgIpc) is 2.33. The zero-order valence-electron chi connectivity index (χ0n) is 9.73. The van der Waals surface area contributed by atoms with Crippen LogP contribution in [0.25, 0.3) is 0 Å². The van der Waals surface area contributed by atoms with Crippen LogP contribution in [-0.2, 0) is 0 Å². The second kappa shape index (κ2) is 5.46. The highest BCUT2D eigenvalue weighted by atomic mass is 79.9. The normalized spacial score (nSPS) is 12.2. The van der Waals surface area contributed by atoms with Gasteiger partial charge in [0, 0.05) is 6.04 Å². The van der Waals surface area contributed by atoms with Crippen molar-refractivity contribution in [3.05, 3.63) is 52.5 Å². The van der Waals surface area contributed by atoms with Crippen molar-refractivity contribution >= 4 is 15.9 Å².